The normalized spacial score (nSPS) is 9.83. The van der Waals surface area contributed by atoms with Crippen molar-refractivity contribution in [2.45, 2.75) is 0 Å². The van der Waals surface area contributed by atoms with Gasteiger partial charge >= 0.3 is 0 Å². The van der Waals surface area contributed by atoms with Crippen molar-refractivity contribution in [3.05, 3.63) is 46.3 Å². The second-order valence-corrected chi connectivity index (χ2v) is 4.29. The Kier molecular flexibility index (Phi) is 3.44. The molecule has 18 heavy (non-hydrogen) atoms. The number of hydrogen-bond donors (Lipinski definition) is 1. The molecule has 0 aliphatic carbocycles. The molecule has 0 bridgehead atoms. The molecular weight excluding hydrogens is 301 g/mol. The fourth-order valence-electron chi connectivity index (χ4n) is 1.27. The molecule has 0 spiro atoms. The largest absolute Gasteiger partial charge is 0.436 e. The van der Waals surface area contributed by atoms with Crippen molar-refractivity contribution in [2.24, 2.45) is 0 Å². The maximum Gasteiger partial charge on any atom is 0.220 e. The highest BCUT2D eigenvalue weighted by Crippen LogP contribution is 2.27. The molecule has 90 valence electrons. The van der Waals surface area contributed by atoms with Crippen LogP contribution in [0.1, 0.15) is 5.69 Å². The van der Waals surface area contributed by atoms with E-state index in [1.165, 1.54) is 24.3 Å². The molecule has 2 N–H and O–H groups in total. The lowest BCUT2D eigenvalue weighted by Crippen LogP contribution is -1.97. The van der Waals surface area contributed by atoms with Gasteiger partial charge in [0.2, 0.25) is 5.88 Å². The van der Waals surface area contributed by atoms with Gasteiger partial charge in [-0.3, -0.25) is 0 Å². The van der Waals surface area contributed by atoms with Gasteiger partial charge in [0.25, 0.3) is 0 Å². The van der Waals surface area contributed by atoms with Gasteiger partial charge < -0.3 is 10.5 Å². The first kappa shape index (κ1) is 12.3. The van der Waals surface area contributed by atoms with Gasteiger partial charge in [0.1, 0.15) is 6.07 Å². The average molecular weight is 308 g/mol. The second-order valence-electron chi connectivity index (χ2n) is 3.38. The number of halogens is 2. The van der Waals surface area contributed by atoms with E-state index in [1.54, 1.807) is 6.07 Å². The number of ether oxygens (including phenoxy) is 1. The van der Waals surface area contributed by atoms with Crippen LogP contribution in [0.4, 0.5) is 10.1 Å². The molecule has 0 aliphatic heterocycles. The van der Waals surface area contributed by atoms with E-state index in [9.17, 15) is 4.39 Å². The first-order chi connectivity index (χ1) is 8.60. The summed E-state index contributed by atoms with van der Waals surface area (Å²) < 4.78 is 19.4. The molecule has 1 heterocycles. The predicted octanol–water partition coefficient (Wildman–Crippen LogP) is 3.23. The monoisotopic (exact) mass is 307 g/mol. The number of pyridine rings is 1. The number of benzene rings is 1. The van der Waals surface area contributed by atoms with Crippen molar-refractivity contribution in [1.29, 1.82) is 5.26 Å². The quantitative estimate of drug-likeness (QED) is 0.924. The number of anilines is 1. The molecule has 0 atom stereocenters. The Morgan fingerprint density at radius 2 is 2.11 bits per heavy atom. The summed E-state index contributed by atoms with van der Waals surface area (Å²) in [6.07, 6.45) is 0. The summed E-state index contributed by atoms with van der Waals surface area (Å²) in [5, 5.41) is 8.78. The molecule has 0 amide bonds. The number of nitrogens with zero attached hydrogens (tertiary/aromatic N) is 2. The summed E-state index contributed by atoms with van der Waals surface area (Å²) in [6.45, 7) is 0. The van der Waals surface area contributed by atoms with E-state index in [-0.39, 0.29) is 23.0 Å². The van der Waals surface area contributed by atoms with Gasteiger partial charge in [0.15, 0.2) is 17.3 Å². The summed E-state index contributed by atoms with van der Waals surface area (Å²) in [6, 6.07) is 9.07. The van der Waals surface area contributed by atoms with Crippen LogP contribution in [0.25, 0.3) is 0 Å². The highest BCUT2D eigenvalue weighted by Gasteiger charge is 2.08. The molecule has 0 fully saturated rings. The van der Waals surface area contributed by atoms with E-state index in [1.807, 2.05) is 6.07 Å². The number of nitrogen functional groups attached to an aromatic ring is 1. The average Bonchev–Trinajstić information content (AvgIpc) is 2.36. The first-order valence-corrected chi connectivity index (χ1v) is 5.69. The van der Waals surface area contributed by atoms with Crippen LogP contribution in [0, 0.1) is 17.1 Å². The van der Waals surface area contributed by atoms with Crippen LogP contribution < -0.4 is 10.5 Å². The van der Waals surface area contributed by atoms with Crippen molar-refractivity contribution in [1.82, 2.24) is 4.98 Å². The summed E-state index contributed by atoms with van der Waals surface area (Å²) in [7, 11) is 0. The zero-order chi connectivity index (χ0) is 13.1. The molecule has 2 aromatic rings. The zero-order valence-electron chi connectivity index (χ0n) is 9.02. The van der Waals surface area contributed by atoms with Gasteiger partial charge in [-0.15, -0.1) is 0 Å². The van der Waals surface area contributed by atoms with Crippen LogP contribution in [0.15, 0.2) is 34.8 Å². The van der Waals surface area contributed by atoms with E-state index >= 15 is 0 Å². The van der Waals surface area contributed by atoms with Gasteiger partial charge in [-0.25, -0.2) is 9.37 Å². The fourth-order valence-corrected chi connectivity index (χ4v) is 1.61. The number of hydrogen-bond acceptors (Lipinski definition) is 4. The van der Waals surface area contributed by atoms with Gasteiger partial charge in [0.05, 0.1) is 5.69 Å². The van der Waals surface area contributed by atoms with Crippen molar-refractivity contribution in [3.8, 4) is 17.7 Å². The Balaban J connectivity index is 2.34. The maximum absolute atomic E-state index is 13.5. The van der Waals surface area contributed by atoms with Crippen molar-refractivity contribution < 1.29 is 9.13 Å². The molecule has 1 aromatic heterocycles. The number of rotatable bonds is 2. The minimum absolute atomic E-state index is 0.0190. The van der Waals surface area contributed by atoms with Crippen molar-refractivity contribution in [3.63, 3.8) is 0 Å². The van der Waals surface area contributed by atoms with Crippen LogP contribution in [0.2, 0.25) is 0 Å². The van der Waals surface area contributed by atoms with Crippen molar-refractivity contribution >= 4 is 21.6 Å². The summed E-state index contributed by atoms with van der Waals surface area (Å²) in [5.74, 6) is -0.390. The number of nitriles is 1. The highest BCUT2D eigenvalue weighted by molar-refractivity contribution is 9.10. The third-order valence-electron chi connectivity index (χ3n) is 2.11. The van der Waals surface area contributed by atoms with Crippen molar-refractivity contribution in [2.75, 3.05) is 5.73 Å². The van der Waals surface area contributed by atoms with Gasteiger partial charge in [-0.1, -0.05) is 15.9 Å². The van der Waals surface area contributed by atoms with E-state index < -0.39 is 5.82 Å². The number of aromatic nitrogens is 1. The fraction of sp³-hybridized carbons (Fsp3) is 0. The molecule has 0 radical (unpaired) electrons. The Bertz CT molecular complexity index is 640. The molecule has 0 saturated carbocycles. The molecular formula is C12H7BrFN3O. The topological polar surface area (TPSA) is 71.9 Å². The predicted molar refractivity (Wildman–Crippen MR) is 67.5 cm³/mol. The standard InChI is InChI=1S/C12H7BrFN3O/c13-7-1-2-8(14)11(5-7)18-12-4-3-9(16)10(6-15)17-12/h1-5H,16H2. The number of nitrogens with two attached hydrogens (primary N) is 1. The minimum Gasteiger partial charge on any atom is -0.436 e. The van der Waals surface area contributed by atoms with E-state index in [4.69, 9.17) is 15.7 Å². The lowest BCUT2D eigenvalue weighted by molar-refractivity contribution is 0.427. The Labute approximate surface area is 111 Å². The van der Waals surface area contributed by atoms with Crippen LogP contribution in [-0.2, 0) is 0 Å². The molecule has 6 heteroatoms. The van der Waals surface area contributed by atoms with Crippen LogP contribution >= 0.6 is 15.9 Å². The van der Waals surface area contributed by atoms with E-state index in [0.29, 0.717) is 4.47 Å². The summed E-state index contributed by atoms with van der Waals surface area (Å²) in [5.41, 5.74) is 5.82. The summed E-state index contributed by atoms with van der Waals surface area (Å²) in [4.78, 5) is 3.87. The molecule has 0 saturated heterocycles. The van der Waals surface area contributed by atoms with E-state index in [2.05, 4.69) is 20.9 Å². The SMILES string of the molecule is N#Cc1nc(Oc2cc(Br)ccc2F)ccc1N. The van der Waals surface area contributed by atoms with Gasteiger partial charge in [-0.2, -0.15) is 5.26 Å². The Morgan fingerprint density at radius 1 is 1.33 bits per heavy atom. The van der Waals surface area contributed by atoms with E-state index in [0.717, 1.165) is 0 Å². The smallest absolute Gasteiger partial charge is 0.220 e. The zero-order valence-corrected chi connectivity index (χ0v) is 10.6. The van der Waals surface area contributed by atoms with Gasteiger partial charge in [-0.05, 0) is 24.3 Å². The Morgan fingerprint density at radius 3 is 2.83 bits per heavy atom. The minimum atomic E-state index is -0.518. The van der Waals surface area contributed by atoms with Gasteiger partial charge in [0, 0.05) is 10.5 Å². The first-order valence-electron chi connectivity index (χ1n) is 4.89. The highest BCUT2D eigenvalue weighted by atomic mass is 79.9. The second kappa shape index (κ2) is 5.02. The maximum atomic E-state index is 13.5. The van der Waals surface area contributed by atoms with Crippen LogP contribution in [0.5, 0.6) is 11.6 Å². The van der Waals surface area contributed by atoms with Crippen LogP contribution in [-0.4, -0.2) is 4.98 Å². The lowest BCUT2D eigenvalue weighted by atomic mass is 10.3. The molecule has 2 rings (SSSR count). The molecule has 0 aliphatic rings. The molecule has 0 unspecified atom stereocenters. The third kappa shape index (κ3) is 2.57. The lowest BCUT2D eigenvalue weighted by Gasteiger charge is -2.07. The third-order valence-corrected chi connectivity index (χ3v) is 2.61. The molecule has 4 nitrogen and oxygen atoms in total. The summed E-state index contributed by atoms with van der Waals surface area (Å²) >= 11 is 3.21. The van der Waals surface area contributed by atoms with Crippen LogP contribution in [0.3, 0.4) is 0 Å². The molecule has 1 aromatic carbocycles. The Hall–Kier alpha value is -2.13.